The van der Waals surface area contributed by atoms with Crippen LogP contribution in [0.1, 0.15) is 0 Å². The first-order valence-corrected chi connectivity index (χ1v) is 3.89. The molecule has 0 bridgehead atoms. The Balaban J connectivity index is 2.83. The standard InChI is InChI=1S/C4H4N2S2/c7-8-4-2-1-3-5-6-4/h1-3,7H. The molecule has 42 valence electrons. The first kappa shape index (κ1) is 5.91. The summed E-state index contributed by atoms with van der Waals surface area (Å²) in [4.78, 5) is 0. The van der Waals surface area contributed by atoms with Gasteiger partial charge in [0.05, 0.1) is 0 Å². The minimum Gasteiger partial charge on any atom is -0.158 e. The zero-order chi connectivity index (χ0) is 5.82. The summed E-state index contributed by atoms with van der Waals surface area (Å²) in [5, 5.41) is 8.20. The Labute approximate surface area is 56.5 Å². The lowest BCUT2D eigenvalue weighted by Crippen LogP contribution is -1.77. The molecule has 2 nitrogen and oxygen atoms in total. The Morgan fingerprint density at radius 2 is 2.50 bits per heavy atom. The Hall–Kier alpha value is -0.220. The van der Waals surface area contributed by atoms with Crippen LogP contribution in [-0.2, 0) is 0 Å². The van der Waals surface area contributed by atoms with Crippen LogP contribution in [0, 0.1) is 0 Å². The molecular formula is C4H4N2S2. The van der Waals surface area contributed by atoms with Gasteiger partial charge in [0.2, 0.25) is 0 Å². The Morgan fingerprint density at radius 3 is 2.88 bits per heavy atom. The van der Waals surface area contributed by atoms with Gasteiger partial charge in [-0.25, -0.2) is 0 Å². The van der Waals surface area contributed by atoms with Gasteiger partial charge in [0.1, 0.15) is 5.03 Å². The quantitative estimate of drug-likeness (QED) is 0.476. The summed E-state index contributed by atoms with van der Waals surface area (Å²) in [6.07, 6.45) is 1.63. The van der Waals surface area contributed by atoms with Crippen molar-refractivity contribution in [3.8, 4) is 0 Å². The minimum absolute atomic E-state index is 0.829. The van der Waals surface area contributed by atoms with E-state index in [1.54, 1.807) is 6.20 Å². The fourth-order valence-corrected chi connectivity index (χ4v) is 0.851. The van der Waals surface area contributed by atoms with Crippen LogP contribution in [0.15, 0.2) is 23.4 Å². The van der Waals surface area contributed by atoms with Gasteiger partial charge in [-0.3, -0.25) is 0 Å². The predicted molar refractivity (Wildman–Crippen MR) is 36.9 cm³/mol. The lowest BCUT2D eigenvalue weighted by Gasteiger charge is -1.85. The van der Waals surface area contributed by atoms with Crippen molar-refractivity contribution < 1.29 is 0 Å². The maximum Gasteiger partial charge on any atom is 0.129 e. The maximum atomic E-state index is 3.92. The zero-order valence-electron chi connectivity index (χ0n) is 3.98. The van der Waals surface area contributed by atoms with Crippen LogP contribution in [0.25, 0.3) is 0 Å². The SMILES string of the molecule is SSc1cccnn1. The molecule has 1 heterocycles. The topological polar surface area (TPSA) is 25.8 Å². The van der Waals surface area contributed by atoms with E-state index in [4.69, 9.17) is 0 Å². The van der Waals surface area contributed by atoms with Crippen LogP contribution in [0.3, 0.4) is 0 Å². The van der Waals surface area contributed by atoms with Gasteiger partial charge in [-0.1, -0.05) is 0 Å². The maximum absolute atomic E-state index is 3.92. The summed E-state index contributed by atoms with van der Waals surface area (Å²) in [6.45, 7) is 0. The normalized spacial score (nSPS) is 9.12. The van der Waals surface area contributed by atoms with Crippen LogP contribution < -0.4 is 0 Å². The second kappa shape index (κ2) is 2.94. The van der Waals surface area contributed by atoms with Crippen molar-refractivity contribution in [2.45, 2.75) is 5.03 Å². The molecule has 1 rings (SSSR count). The van der Waals surface area contributed by atoms with Crippen molar-refractivity contribution in [3.63, 3.8) is 0 Å². The Morgan fingerprint density at radius 1 is 1.62 bits per heavy atom. The third kappa shape index (κ3) is 1.38. The molecule has 0 aliphatic carbocycles. The summed E-state index contributed by atoms with van der Waals surface area (Å²) < 4.78 is 0. The molecule has 0 N–H and O–H groups in total. The van der Waals surface area contributed by atoms with Gasteiger partial charge in [0, 0.05) is 6.20 Å². The molecule has 0 saturated carbocycles. The van der Waals surface area contributed by atoms with Gasteiger partial charge >= 0.3 is 0 Å². The van der Waals surface area contributed by atoms with E-state index >= 15 is 0 Å². The summed E-state index contributed by atoms with van der Waals surface area (Å²) >= 11 is 3.92. The summed E-state index contributed by atoms with van der Waals surface area (Å²) in [7, 11) is 1.29. The molecule has 0 fully saturated rings. The summed E-state index contributed by atoms with van der Waals surface area (Å²) in [5.41, 5.74) is 0. The van der Waals surface area contributed by atoms with E-state index < -0.39 is 0 Å². The van der Waals surface area contributed by atoms with Gasteiger partial charge in [-0.2, -0.15) is 5.10 Å². The third-order valence-electron chi connectivity index (χ3n) is 0.641. The van der Waals surface area contributed by atoms with E-state index in [-0.39, 0.29) is 0 Å². The van der Waals surface area contributed by atoms with E-state index in [1.165, 1.54) is 10.8 Å². The molecule has 4 heteroatoms. The Bertz CT molecular complexity index is 153. The van der Waals surface area contributed by atoms with Crippen LogP contribution in [0.4, 0.5) is 0 Å². The molecule has 0 unspecified atom stereocenters. The minimum atomic E-state index is 0.829. The molecule has 0 atom stereocenters. The highest BCUT2D eigenvalue weighted by atomic mass is 33.1. The zero-order valence-corrected chi connectivity index (χ0v) is 5.69. The fraction of sp³-hybridized carbons (Fsp3) is 0. The second-order valence-corrected chi connectivity index (χ2v) is 2.30. The first-order chi connectivity index (χ1) is 3.93. The number of hydrogen-bond acceptors (Lipinski definition) is 4. The summed E-state index contributed by atoms with van der Waals surface area (Å²) in [5.74, 6) is 0. The number of thiol groups is 1. The van der Waals surface area contributed by atoms with E-state index in [9.17, 15) is 0 Å². The van der Waals surface area contributed by atoms with Crippen molar-refractivity contribution in [1.82, 2.24) is 10.2 Å². The highest BCUT2D eigenvalue weighted by Crippen LogP contribution is 2.15. The van der Waals surface area contributed by atoms with E-state index in [0.717, 1.165) is 5.03 Å². The lowest BCUT2D eigenvalue weighted by molar-refractivity contribution is 0.933. The molecule has 0 aliphatic rings. The second-order valence-electron chi connectivity index (χ2n) is 1.15. The molecule has 8 heavy (non-hydrogen) atoms. The van der Waals surface area contributed by atoms with Crippen molar-refractivity contribution in [1.29, 1.82) is 0 Å². The van der Waals surface area contributed by atoms with Crippen molar-refractivity contribution in [3.05, 3.63) is 18.3 Å². The van der Waals surface area contributed by atoms with Crippen molar-refractivity contribution >= 4 is 22.5 Å². The molecule has 1 aromatic heterocycles. The van der Waals surface area contributed by atoms with Gasteiger partial charge in [-0.15, -0.1) is 16.8 Å². The predicted octanol–water partition coefficient (Wildman–Crippen LogP) is 1.41. The van der Waals surface area contributed by atoms with Gasteiger partial charge in [-0.05, 0) is 22.9 Å². The molecule has 0 spiro atoms. The molecular weight excluding hydrogens is 140 g/mol. The van der Waals surface area contributed by atoms with E-state index in [2.05, 4.69) is 21.9 Å². The average Bonchev–Trinajstić information content (AvgIpc) is 1.90. The lowest BCUT2D eigenvalue weighted by atomic mass is 10.6. The summed E-state index contributed by atoms with van der Waals surface area (Å²) in [6, 6.07) is 3.68. The first-order valence-electron chi connectivity index (χ1n) is 2.02. The number of rotatable bonds is 1. The van der Waals surface area contributed by atoms with Crippen LogP contribution in [0.2, 0.25) is 0 Å². The molecule has 0 saturated heterocycles. The highest BCUT2D eigenvalue weighted by molar-refractivity contribution is 8.68. The molecule has 0 radical (unpaired) electrons. The van der Waals surface area contributed by atoms with E-state index in [0.29, 0.717) is 0 Å². The Kier molecular flexibility index (Phi) is 2.17. The van der Waals surface area contributed by atoms with Gasteiger partial charge in [0.15, 0.2) is 0 Å². The van der Waals surface area contributed by atoms with Gasteiger partial charge in [0.25, 0.3) is 0 Å². The van der Waals surface area contributed by atoms with Crippen LogP contribution >= 0.6 is 22.5 Å². The number of hydrogen-bond donors (Lipinski definition) is 1. The average molecular weight is 144 g/mol. The van der Waals surface area contributed by atoms with E-state index in [1.807, 2.05) is 12.1 Å². The fourth-order valence-electron chi connectivity index (χ4n) is 0.336. The molecule has 0 aromatic carbocycles. The van der Waals surface area contributed by atoms with Crippen molar-refractivity contribution in [2.75, 3.05) is 0 Å². The molecule has 0 aliphatic heterocycles. The molecule has 1 aromatic rings. The molecule has 0 amide bonds. The van der Waals surface area contributed by atoms with Crippen molar-refractivity contribution in [2.24, 2.45) is 0 Å². The highest BCUT2D eigenvalue weighted by Gasteiger charge is 1.84. The third-order valence-corrected chi connectivity index (χ3v) is 1.61. The number of aromatic nitrogens is 2. The van der Waals surface area contributed by atoms with Crippen LogP contribution in [-0.4, -0.2) is 10.2 Å². The van der Waals surface area contributed by atoms with Crippen LogP contribution in [0.5, 0.6) is 0 Å². The number of nitrogens with zero attached hydrogens (tertiary/aromatic N) is 2. The van der Waals surface area contributed by atoms with Gasteiger partial charge < -0.3 is 0 Å². The largest absolute Gasteiger partial charge is 0.158 e. The smallest absolute Gasteiger partial charge is 0.129 e. The monoisotopic (exact) mass is 144 g/mol.